The Morgan fingerprint density at radius 3 is 2.20 bits per heavy atom. The van der Waals surface area contributed by atoms with Crippen LogP contribution in [0, 0.1) is 0 Å². The first-order valence-electron chi connectivity index (χ1n) is 11.6. The van der Waals surface area contributed by atoms with Crippen LogP contribution in [0.2, 0.25) is 0 Å². The minimum atomic E-state index is -1.06. The van der Waals surface area contributed by atoms with Gasteiger partial charge in [-0.05, 0) is 28.8 Å². The number of carbonyl (C=O) groups is 2. The van der Waals surface area contributed by atoms with Crippen LogP contribution in [0.25, 0.3) is 10.9 Å². The molecule has 3 aromatic carbocycles. The normalized spacial score (nSPS) is 15.6. The van der Waals surface area contributed by atoms with Gasteiger partial charge in [0.1, 0.15) is 5.75 Å². The van der Waals surface area contributed by atoms with Crippen molar-refractivity contribution in [3.63, 3.8) is 0 Å². The summed E-state index contributed by atoms with van der Waals surface area (Å²) in [7, 11) is 0. The molecular weight excluding hydrogens is 442 g/mol. The summed E-state index contributed by atoms with van der Waals surface area (Å²) in [4.78, 5) is 26.2. The first-order valence-corrected chi connectivity index (χ1v) is 11.6. The predicted molar refractivity (Wildman–Crippen MR) is 133 cm³/mol. The van der Waals surface area contributed by atoms with Crippen molar-refractivity contribution in [1.82, 2.24) is 9.47 Å². The average Bonchev–Trinajstić information content (AvgIpc) is 3.17. The lowest BCUT2D eigenvalue weighted by atomic mass is 9.90. The Morgan fingerprint density at radius 1 is 0.914 bits per heavy atom. The zero-order valence-electron chi connectivity index (χ0n) is 19.3. The van der Waals surface area contributed by atoms with E-state index in [1.807, 2.05) is 48.5 Å². The van der Waals surface area contributed by atoms with Crippen LogP contribution in [0.3, 0.4) is 0 Å². The minimum Gasteiger partial charge on any atom is -0.481 e. The van der Waals surface area contributed by atoms with E-state index < -0.39 is 24.4 Å². The number of fused-ring (bicyclic) bond motifs is 3. The number of carbonyl (C=O) groups excluding carboxylic acids is 1. The van der Waals surface area contributed by atoms with Crippen molar-refractivity contribution >= 4 is 22.8 Å². The first-order chi connectivity index (χ1) is 17.0. The zero-order chi connectivity index (χ0) is 24.4. The zero-order valence-corrected chi connectivity index (χ0v) is 19.3. The molecular formula is C28H27N3O4. The number of carboxylic acid groups (broad SMARTS) is 1. The van der Waals surface area contributed by atoms with Gasteiger partial charge in [0.05, 0.1) is 11.4 Å². The topological polar surface area (TPSA) is 97.8 Å². The molecule has 1 aliphatic heterocycles. The van der Waals surface area contributed by atoms with Crippen LogP contribution < -0.4 is 10.5 Å². The fourth-order valence-corrected chi connectivity index (χ4v) is 5.02. The van der Waals surface area contributed by atoms with Crippen LogP contribution in [0.1, 0.15) is 28.3 Å². The number of nitrogens with two attached hydrogens (primary N) is 1. The fourth-order valence-electron chi connectivity index (χ4n) is 5.02. The number of aromatic nitrogens is 1. The molecule has 1 amide bonds. The third kappa shape index (κ3) is 4.63. The van der Waals surface area contributed by atoms with E-state index in [1.165, 1.54) is 0 Å². The standard InChI is InChI=1S/C28H27N3O4/c29-28(34)21-16-30(14-19-8-3-1-4-9-19)17-23-26(21)27-22(12-7-13-24(27)35-18-25(32)33)31(23)15-20-10-5-2-6-11-20/h1-13,21H,14-18H2,(H2,29,34)(H,32,33). The van der Waals surface area contributed by atoms with Gasteiger partial charge >= 0.3 is 5.97 Å². The van der Waals surface area contributed by atoms with Gasteiger partial charge in [-0.2, -0.15) is 0 Å². The van der Waals surface area contributed by atoms with E-state index in [4.69, 9.17) is 10.5 Å². The van der Waals surface area contributed by atoms with Crippen LogP contribution in [-0.2, 0) is 29.2 Å². The summed E-state index contributed by atoms with van der Waals surface area (Å²) in [5.41, 5.74) is 11.0. The Labute approximate surface area is 203 Å². The highest BCUT2D eigenvalue weighted by atomic mass is 16.5. The molecule has 4 aromatic rings. The van der Waals surface area contributed by atoms with Crippen molar-refractivity contribution in [1.29, 1.82) is 0 Å². The maximum atomic E-state index is 12.8. The van der Waals surface area contributed by atoms with Crippen LogP contribution >= 0.6 is 0 Å². The first kappa shape index (κ1) is 22.7. The lowest BCUT2D eigenvalue weighted by molar-refractivity contribution is -0.139. The monoisotopic (exact) mass is 469 g/mol. The van der Waals surface area contributed by atoms with Gasteiger partial charge in [-0.1, -0.05) is 66.7 Å². The van der Waals surface area contributed by atoms with Crippen molar-refractivity contribution < 1.29 is 19.4 Å². The number of carboxylic acids is 1. The van der Waals surface area contributed by atoms with Gasteiger partial charge in [-0.15, -0.1) is 0 Å². The summed E-state index contributed by atoms with van der Waals surface area (Å²) in [6, 6.07) is 25.9. The summed E-state index contributed by atoms with van der Waals surface area (Å²) in [5.74, 6) is -1.55. The lowest BCUT2D eigenvalue weighted by Crippen LogP contribution is -2.39. The van der Waals surface area contributed by atoms with Crippen LogP contribution in [-0.4, -0.2) is 39.6 Å². The van der Waals surface area contributed by atoms with E-state index in [-0.39, 0.29) is 0 Å². The van der Waals surface area contributed by atoms with Gasteiger partial charge in [-0.25, -0.2) is 4.79 Å². The average molecular weight is 470 g/mol. The lowest BCUT2D eigenvalue weighted by Gasteiger charge is -2.33. The van der Waals surface area contributed by atoms with Gasteiger partial charge in [0.2, 0.25) is 5.91 Å². The number of primary amides is 1. The quantitative estimate of drug-likeness (QED) is 0.410. The summed E-state index contributed by atoms with van der Waals surface area (Å²) < 4.78 is 7.89. The molecule has 7 nitrogen and oxygen atoms in total. The van der Waals surface area contributed by atoms with E-state index in [9.17, 15) is 14.7 Å². The number of benzene rings is 3. The number of amides is 1. The molecule has 5 rings (SSSR count). The Morgan fingerprint density at radius 2 is 1.57 bits per heavy atom. The molecule has 1 aromatic heterocycles. The number of ether oxygens (including phenoxy) is 1. The van der Waals surface area contributed by atoms with Gasteiger partial charge in [0.25, 0.3) is 0 Å². The second kappa shape index (κ2) is 9.64. The Kier molecular flexibility index (Phi) is 6.25. The molecule has 0 radical (unpaired) electrons. The van der Waals surface area contributed by atoms with E-state index in [0.717, 1.165) is 33.3 Å². The molecule has 7 heteroatoms. The molecule has 0 fully saturated rings. The molecule has 2 heterocycles. The molecule has 0 saturated carbocycles. The largest absolute Gasteiger partial charge is 0.481 e. The highest BCUT2D eigenvalue weighted by Crippen LogP contribution is 2.42. The summed E-state index contributed by atoms with van der Waals surface area (Å²) >= 11 is 0. The maximum Gasteiger partial charge on any atom is 0.341 e. The van der Waals surface area contributed by atoms with Crippen LogP contribution in [0.15, 0.2) is 78.9 Å². The molecule has 0 saturated heterocycles. The summed E-state index contributed by atoms with van der Waals surface area (Å²) in [6.45, 7) is 1.96. The third-order valence-corrected chi connectivity index (χ3v) is 6.49. The third-order valence-electron chi connectivity index (χ3n) is 6.49. The Bertz CT molecular complexity index is 1370. The highest BCUT2D eigenvalue weighted by molar-refractivity contribution is 5.97. The second-order valence-corrected chi connectivity index (χ2v) is 8.87. The van der Waals surface area contributed by atoms with Gasteiger partial charge < -0.3 is 20.1 Å². The van der Waals surface area contributed by atoms with Crippen molar-refractivity contribution in [2.75, 3.05) is 13.2 Å². The minimum absolute atomic E-state index is 0.407. The van der Waals surface area contributed by atoms with Gasteiger partial charge in [0, 0.05) is 37.3 Å². The number of hydrogen-bond donors (Lipinski definition) is 2. The van der Waals surface area contributed by atoms with Crippen LogP contribution in [0.4, 0.5) is 0 Å². The van der Waals surface area contributed by atoms with E-state index >= 15 is 0 Å². The molecule has 0 spiro atoms. The van der Waals surface area contributed by atoms with Crippen molar-refractivity contribution in [3.8, 4) is 5.75 Å². The number of aliphatic carboxylic acids is 1. The smallest absolute Gasteiger partial charge is 0.341 e. The van der Waals surface area contributed by atoms with Gasteiger partial charge in [0.15, 0.2) is 6.61 Å². The predicted octanol–water partition coefficient (Wildman–Crippen LogP) is 3.74. The van der Waals surface area contributed by atoms with E-state index in [1.54, 1.807) is 6.07 Å². The maximum absolute atomic E-state index is 12.8. The second-order valence-electron chi connectivity index (χ2n) is 8.87. The van der Waals surface area contributed by atoms with Crippen LogP contribution in [0.5, 0.6) is 5.75 Å². The molecule has 0 bridgehead atoms. The highest BCUT2D eigenvalue weighted by Gasteiger charge is 2.35. The van der Waals surface area contributed by atoms with Crippen molar-refractivity contribution in [3.05, 3.63) is 101 Å². The molecule has 1 atom stereocenters. The Balaban J connectivity index is 1.66. The number of nitrogens with zero attached hydrogens (tertiary/aromatic N) is 2. The van der Waals surface area contributed by atoms with Gasteiger partial charge in [-0.3, -0.25) is 9.69 Å². The summed E-state index contributed by atoms with van der Waals surface area (Å²) in [6.07, 6.45) is 0. The molecule has 0 aliphatic carbocycles. The molecule has 1 unspecified atom stereocenters. The fraction of sp³-hybridized carbons (Fsp3) is 0.214. The van der Waals surface area contributed by atoms with Crippen molar-refractivity contribution in [2.24, 2.45) is 5.73 Å². The molecule has 1 aliphatic rings. The molecule has 35 heavy (non-hydrogen) atoms. The van der Waals surface area contributed by atoms with Crippen molar-refractivity contribution in [2.45, 2.75) is 25.6 Å². The van der Waals surface area contributed by atoms with E-state index in [2.05, 4.69) is 33.7 Å². The SMILES string of the molecule is NC(=O)C1CN(Cc2ccccc2)Cc2c1c1c(OCC(=O)O)cccc1n2Cc1ccccc1. The van der Waals surface area contributed by atoms with E-state index in [0.29, 0.717) is 31.9 Å². The Hall–Kier alpha value is -4.10. The number of rotatable bonds is 8. The summed E-state index contributed by atoms with van der Waals surface area (Å²) in [5, 5.41) is 9.96. The molecule has 178 valence electrons. The number of hydrogen-bond acceptors (Lipinski definition) is 4. The molecule has 3 N–H and O–H groups in total.